The van der Waals surface area contributed by atoms with E-state index < -0.39 is 0 Å². The molecule has 0 fully saturated rings. The second-order valence-electron chi connectivity index (χ2n) is 4.06. The van der Waals surface area contributed by atoms with E-state index in [1.54, 1.807) is 11.9 Å². The van der Waals surface area contributed by atoms with E-state index in [0.717, 1.165) is 23.5 Å². The maximum absolute atomic E-state index is 11.0. The SMILES string of the molecule is Cc1cc2c(cc1CCN(C)C(=O)Br)OCO2. The predicted molar refractivity (Wildman–Crippen MR) is 68.0 cm³/mol. The minimum atomic E-state index is -0.101. The van der Waals surface area contributed by atoms with E-state index in [2.05, 4.69) is 15.9 Å². The van der Waals surface area contributed by atoms with Crippen molar-refractivity contribution in [1.82, 2.24) is 4.90 Å². The van der Waals surface area contributed by atoms with Crippen LogP contribution in [0.5, 0.6) is 11.5 Å². The highest BCUT2D eigenvalue weighted by Gasteiger charge is 2.16. The number of nitrogens with zero attached hydrogens (tertiary/aromatic N) is 1. The number of aryl methyl sites for hydroxylation is 1. The van der Waals surface area contributed by atoms with Crippen LogP contribution < -0.4 is 9.47 Å². The molecule has 1 aliphatic rings. The molecule has 1 aromatic carbocycles. The summed E-state index contributed by atoms with van der Waals surface area (Å²) in [5.41, 5.74) is 2.33. The Morgan fingerprint density at radius 3 is 2.71 bits per heavy atom. The smallest absolute Gasteiger partial charge is 0.289 e. The molecule has 0 radical (unpaired) electrons. The van der Waals surface area contributed by atoms with Crippen LogP contribution in [-0.4, -0.2) is 30.1 Å². The van der Waals surface area contributed by atoms with Gasteiger partial charge >= 0.3 is 0 Å². The molecule has 0 N–H and O–H groups in total. The fourth-order valence-corrected chi connectivity index (χ4v) is 1.91. The lowest BCUT2D eigenvalue weighted by molar-refractivity contribution is 0.174. The van der Waals surface area contributed by atoms with Gasteiger partial charge in [0.2, 0.25) is 6.79 Å². The zero-order chi connectivity index (χ0) is 12.4. The highest BCUT2D eigenvalue weighted by atomic mass is 79.9. The van der Waals surface area contributed by atoms with Crippen molar-refractivity contribution in [3.63, 3.8) is 0 Å². The van der Waals surface area contributed by atoms with Crippen molar-refractivity contribution in [2.75, 3.05) is 20.4 Å². The summed E-state index contributed by atoms with van der Waals surface area (Å²) in [5, 5.41) is 0. The molecule has 1 heterocycles. The van der Waals surface area contributed by atoms with E-state index in [-0.39, 0.29) is 11.6 Å². The van der Waals surface area contributed by atoms with Crippen LogP contribution in [0.4, 0.5) is 4.79 Å². The number of amides is 1. The zero-order valence-corrected chi connectivity index (χ0v) is 11.4. The Hall–Kier alpha value is -1.23. The number of likely N-dealkylation sites (N-methyl/N-ethyl adjacent to an activating group) is 1. The summed E-state index contributed by atoms with van der Waals surface area (Å²) in [6, 6.07) is 3.97. The Kier molecular flexibility index (Phi) is 3.57. The van der Waals surface area contributed by atoms with Crippen LogP contribution >= 0.6 is 15.9 Å². The molecule has 4 nitrogen and oxygen atoms in total. The van der Waals surface area contributed by atoms with Gasteiger partial charge in [-0.2, -0.15) is 0 Å². The van der Waals surface area contributed by atoms with Crippen LogP contribution in [0.15, 0.2) is 12.1 Å². The first-order valence-corrected chi connectivity index (χ1v) is 6.17. The molecule has 0 saturated carbocycles. The van der Waals surface area contributed by atoms with Gasteiger partial charge < -0.3 is 14.4 Å². The zero-order valence-electron chi connectivity index (χ0n) is 9.83. The summed E-state index contributed by atoms with van der Waals surface area (Å²) < 4.78 is 10.6. The van der Waals surface area contributed by atoms with E-state index >= 15 is 0 Å². The lowest BCUT2D eigenvalue weighted by Gasteiger charge is -2.14. The highest BCUT2D eigenvalue weighted by Crippen LogP contribution is 2.34. The molecule has 5 heteroatoms. The maximum Gasteiger partial charge on any atom is 0.289 e. The summed E-state index contributed by atoms with van der Waals surface area (Å²) in [5.74, 6) is 1.59. The van der Waals surface area contributed by atoms with Gasteiger partial charge in [0.1, 0.15) is 0 Å². The molecule has 0 atom stereocenters. The van der Waals surface area contributed by atoms with Crippen LogP contribution in [0.1, 0.15) is 11.1 Å². The van der Waals surface area contributed by atoms with Crippen LogP contribution in [-0.2, 0) is 6.42 Å². The van der Waals surface area contributed by atoms with Crippen molar-refractivity contribution in [3.05, 3.63) is 23.3 Å². The number of ether oxygens (including phenoxy) is 2. The topological polar surface area (TPSA) is 38.8 Å². The second kappa shape index (κ2) is 4.96. The minimum Gasteiger partial charge on any atom is -0.454 e. The largest absolute Gasteiger partial charge is 0.454 e. The van der Waals surface area contributed by atoms with Crippen LogP contribution in [0.25, 0.3) is 0 Å². The van der Waals surface area contributed by atoms with Gasteiger partial charge in [0.15, 0.2) is 11.5 Å². The fourth-order valence-electron chi connectivity index (χ4n) is 1.73. The quantitative estimate of drug-likeness (QED) is 0.636. The van der Waals surface area contributed by atoms with Crippen molar-refractivity contribution < 1.29 is 14.3 Å². The first kappa shape index (κ1) is 12.2. The molecular formula is C12H14BrNO3. The molecular weight excluding hydrogens is 286 g/mol. The molecule has 1 aromatic rings. The van der Waals surface area contributed by atoms with Gasteiger partial charge in [-0.1, -0.05) is 0 Å². The Morgan fingerprint density at radius 1 is 1.41 bits per heavy atom. The number of hydrogen-bond acceptors (Lipinski definition) is 3. The Bertz CT molecular complexity index is 448. The standard InChI is InChI=1S/C12H14BrNO3/c1-8-5-10-11(17-7-16-10)6-9(8)3-4-14(2)12(13)15/h5-6H,3-4,7H2,1-2H3. The average molecular weight is 300 g/mol. The normalized spacial score (nSPS) is 12.6. The van der Waals surface area contributed by atoms with Crippen LogP contribution in [0.3, 0.4) is 0 Å². The van der Waals surface area contributed by atoms with Crippen LogP contribution in [0, 0.1) is 6.92 Å². The third-order valence-electron chi connectivity index (χ3n) is 2.85. The van der Waals surface area contributed by atoms with Gasteiger partial charge in [0.25, 0.3) is 4.82 Å². The molecule has 0 aromatic heterocycles. The molecule has 92 valence electrons. The second-order valence-corrected chi connectivity index (χ2v) is 4.73. The van der Waals surface area contributed by atoms with E-state index in [9.17, 15) is 4.79 Å². The molecule has 2 rings (SSSR count). The summed E-state index contributed by atoms with van der Waals surface area (Å²) in [4.78, 5) is 12.6. The third kappa shape index (κ3) is 2.72. The monoisotopic (exact) mass is 299 g/mol. The molecule has 1 aliphatic heterocycles. The van der Waals surface area contributed by atoms with Gasteiger partial charge in [-0.15, -0.1) is 0 Å². The molecule has 0 spiro atoms. The number of carbonyl (C=O) groups is 1. The van der Waals surface area contributed by atoms with Gasteiger partial charge in [0, 0.05) is 29.5 Å². The van der Waals surface area contributed by atoms with E-state index in [1.165, 1.54) is 5.56 Å². The molecule has 17 heavy (non-hydrogen) atoms. The van der Waals surface area contributed by atoms with Crippen molar-refractivity contribution in [2.24, 2.45) is 0 Å². The number of rotatable bonds is 3. The van der Waals surface area contributed by atoms with Crippen LogP contribution in [0.2, 0.25) is 0 Å². The molecule has 0 aliphatic carbocycles. The maximum atomic E-state index is 11.0. The lowest BCUT2D eigenvalue weighted by Crippen LogP contribution is -2.23. The highest BCUT2D eigenvalue weighted by molar-refractivity contribution is 9.18. The minimum absolute atomic E-state index is 0.101. The molecule has 0 unspecified atom stereocenters. The van der Waals surface area contributed by atoms with Gasteiger partial charge in [-0.3, -0.25) is 4.79 Å². The first-order chi connectivity index (χ1) is 8.08. The number of fused-ring (bicyclic) bond motifs is 1. The van der Waals surface area contributed by atoms with Crippen molar-refractivity contribution in [1.29, 1.82) is 0 Å². The molecule has 0 saturated heterocycles. The Labute approximate surface area is 109 Å². The molecule has 0 bridgehead atoms. The Balaban J connectivity index is 2.09. The van der Waals surface area contributed by atoms with Crippen molar-refractivity contribution in [2.45, 2.75) is 13.3 Å². The van der Waals surface area contributed by atoms with E-state index in [1.807, 2.05) is 19.1 Å². The lowest BCUT2D eigenvalue weighted by atomic mass is 10.0. The number of carbonyl (C=O) groups excluding carboxylic acids is 1. The van der Waals surface area contributed by atoms with Crippen molar-refractivity contribution in [3.8, 4) is 11.5 Å². The number of halogens is 1. The average Bonchev–Trinajstić information content (AvgIpc) is 2.72. The third-order valence-corrected chi connectivity index (χ3v) is 3.45. The Morgan fingerprint density at radius 2 is 2.06 bits per heavy atom. The fraction of sp³-hybridized carbons (Fsp3) is 0.417. The summed E-state index contributed by atoms with van der Waals surface area (Å²) >= 11 is 2.92. The first-order valence-electron chi connectivity index (χ1n) is 5.37. The molecule has 1 amide bonds. The van der Waals surface area contributed by atoms with Crippen molar-refractivity contribution >= 4 is 20.7 Å². The predicted octanol–water partition coefficient (Wildman–Crippen LogP) is 2.71. The number of hydrogen-bond donors (Lipinski definition) is 0. The number of benzene rings is 1. The van der Waals surface area contributed by atoms with Gasteiger partial charge in [-0.25, -0.2) is 0 Å². The summed E-state index contributed by atoms with van der Waals surface area (Å²) in [6.07, 6.45) is 0.802. The summed E-state index contributed by atoms with van der Waals surface area (Å²) in [7, 11) is 1.76. The van der Waals surface area contributed by atoms with E-state index in [0.29, 0.717) is 6.54 Å². The van der Waals surface area contributed by atoms with E-state index in [4.69, 9.17) is 9.47 Å². The van der Waals surface area contributed by atoms with Gasteiger partial charge in [0.05, 0.1) is 0 Å². The van der Waals surface area contributed by atoms with Gasteiger partial charge in [-0.05, 0) is 36.6 Å². The summed E-state index contributed by atoms with van der Waals surface area (Å²) in [6.45, 7) is 3.00.